The monoisotopic (exact) mass is 397 g/mol. The van der Waals surface area contributed by atoms with Gasteiger partial charge in [-0.25, -0.2) is 0 Å². The molecule has 0 aromatic heterocycles. The predicted octanol–water partition coefficient (Wildman–Crippen LogP) is 1.55. The molecule has 9 heteroatoms. The van der Waals surface area contributed by atoms with E-state index >= 15 is 0 Å². The van der Waals surface area contributed by atoms with Crippen LogP contribution in [-0.4, -0.2) is 47.0 Å². The minimum absolute atomic E-state index is 0.121. The first-order valence-corrected chi connectivity index (χ1v) is 8.82. The van der Waals surface area contributed by atoms with Crippen LogP contribution in [0, 0.1) is 0 Å². The van der Waals surface area contributed by atoms with Gasteiger partial charge in [0.1, 0.15) is 11.5 Å². The van der Waals surface area contributed by atoms with E-state index in [0.717, 1.165) is 0 Å². The summed E-state index contributed by atoms with van der Waals surface area (Å²) in [7, 11) is 0. The molecule has 150 valence electrons. The Balaban J connectivity index is 1.74. The number of esters is 2. The highest BCUT2D eigenvalue weighted by Crippen LogP contribution is 2.23. The van der Waals surface area contributed by atoms with Crippen LogP contribution in [0.25, 0.3) is 0 Å². The van der Waals surface area contributed by atoms with Gasteiger partial charge in [0.25, 0.3) is 11.8 Å². The van der Waals surface area contributed by atoms with Crippen LogP contribution in [0.1, 0.15) is 34.6 Å². The summed E-state index contributed by atoms with van der Waals surface area (Å²) in [5.41, 5.74) is 2.96. The van der Waals surface area contributed by atoms with E-state index in [-0.39, 0.29) is 22.6 Å². The zero-order chi connectivity index (χ0) is 21.0. The number of ether oxygens (including phenoxy) is 2. The third kappa shape index (κ3) is 4.58. The number of amides is 2. The van der Waals surface area contributed by atoms with Crippen LogP contribution in [0.3, 0.4) is 0 Å². The normalized spacial score (nSPS) is 13.2. The Bertz CT molecular complexity index is 974. The Morgan fingerprint density at radius 1 is 0.793 bits per heavy atom. The fourth-order valence-electron chi connectivity index (χ4n) is 2.73. The van der Waals surface area contributed by atoms with Crippen molar-refractivity contribution in [2.24, 2.45) is 0 Å². The summed E-state index contributed by atoms with van der Waals surface area (Å²) in [5.74, 6) is -1.79. The van der Waals surface area contributed by atoms with Gasteiger partial charge in [0.2, 0.25) is 0 Å². The quantitative estimate of drug-likeness (QED) is 0.603. The summed E-state index contributed by atoms with van der Waals surface area (Å²) < 4.78 is 10.1. The zero-order valence-corrected chi connectivity index (χ0v) is 15.9. The molecule has 1 aliphatic heterocycles. The number of rotatable bonds is 5. The molecule has 1 N–H and O–H groups in total. The number of hydrazine groups is 2. The molecule has 0 spiro atoms. The first kappa shape index (κ1) is 20.0. The van der Waals surface area contributed by atoms with Crippen molar-refractivity contribution in [3.63, 3.8) is 0 Å². The third-order valence-electron chi connectivity index (χ3n) is 4.04. The van der Waals surface area contributed by atoms with Gasteiger partial charge in [-0.1, -0.05) is 24.3 Å². The Morgan fingerprint density at radius 2 is 1.31 bits per heavy atom. The number of para-hydroxylation sites is 2. The maximum atomic E-state index is 12.8. The highest BCUT2D eigenvalue weighted by molar-refractivity contribution is 5.99. The second kappa shape index (κ2) is 8.53. The van der Waals surface area contributed by atoms with E-state index in [9.17, 15) is 19.2 Å². The standard InChI is InChI=1S/C20H19N3O6/c1-13(24)28-17-9-5-3-7-15(17)19(26)21-23-12-11-22(23)20(27)16-8-4-6-10-18(16)29-14(2)25/h3-10H,11-12H2,1-2H3,(H,21,26). The highest BCUT2D eigenvalue weighted by Gasteiger charge is 2.34. The summed E-state index contributed by atoms with van der Waals surface area (Å²) in [6.07, 6.45) is 0. The average Bonchev–Trinajstić information content (AvgIpc) is 2.65. The highest BCUT2D eigenvalue weighted by atomic mass is 16.5. The van der Waals surface area contributed by atoms with Crippen molar-refractivity contribution in [3.8, 4) is 11.5 Å². The number of nitrogens with one attached hydrogen (secondary N) is 1. The molecule has 29 heavy (non-hydrogen) atoms. The molecule has 2 aromatic carbocycles. The Labute approximate surface area is 166 Å². The van der Waals surface area contributed by atoms with Crippen molar-refractivity contribution < 1.29 is 28.7 Å². The molecule has 1 heterocycles. The molecule has 0 bridgehead atoms. The van der Waals surface area contributed by atoms with Crippen molar-refractivity contribution in [3.05, 3.63) is 59.7 Å². The molecule has 1 saturated heterocycles. The first-order valence-electron chi connectivity index (χ1n) is 8.82. The summed E-state index contributed by atoms with van der Waals surface area (Å²) in [6.45, 7) is 3.27. The van der Waals surface area contributed by atoms with Crippen LogP contribution in [-0.2, 0) is 9.59 Å². The second-order valence-electron chi connectivity index (χ2n) is 6.17. The lowest BCUT2D eigenvalue weighted by atomic mass is 10.1. The Morgan fingerprint density at radius 3 is 1.83 bits per heavy atom. The van der Waals surface area contributed by atoms with Crippen LogP contribution in [0.4, 0.5) is 0 Å². The Hall–Kier alpha value is -3.72. The topological polar surface area (TPSA) is 105 Å². The van der Waals surface area contributed by atoms with Gasteiger partial charge in [0.15, 0.2) is 0 Å². The lowest BCUT2D eigenvalue weighted by Gasteiger charge is -2.43. The largest absolute Gasteiger partial charge is 0.426 e. The van der Waals surface area contributed by atoms with Gasteiger partial charge in [-0.15, -0.1) is 5.12 Å². The van der Waals surface area contributed by atoms with Gasteiger partial charge < -0.3 is 9.47 Å². The minimum Gasteiger partial charge on any atom is -0.426 e. The van der Waals surface area contributed by atoms with Crippen molar-refractivity contribution in [1.82, 2.24) is 15.6 Å². The first-order chi connectivity index (χ1) is 13.9. The fraction of sp³-hybridized carbons (Fsp3) is 0.200. The third-order valence-corrected chi connectivity index (χ3v) is 4.04. The molecule has 1 fully saturated rings. The summed E-state index contributed by atoms with van der Waals surface area (Å²) in [6, 6.07) is 12.6. The van der Waals surface area contributed by atoms with Gasteiger partial charge in [0.05, 0.1) is 24.2 Å². The van der Waals surface area contributed by atoms with Gasteiger partial charge in [-0.2, -0.15) is 0 Å². The number of hydrogen-bond acceptors (Lipinski definition) is 7. The average molecular weight is 397 g/mol. The molecule has 0 unspecified atom stereocenters. The number of carbonyl (C=O) groups excluding carboxylic acids is 4. The van der Waals surface area contributed by atoms with Gasteiger partial charge in [-0.05, 0) is 24.3 Å². The maximum absolute atomic E-state index is 12.8. The van der Waals surface area contributed by atoms with Crippen molar-refractivity contribution in [2.75, 3.05) is 13.1 Å². The number of nitrogens with zero attached hydrogens (tertiary/aromatic N) is 2. The number of carbonyl (C=O) groups is 4. The minimum atomic E-state index is -0.548. The number of hydrogen-bond donors (Lipinski definition) is 1. The van der Waals surface area contributed by atoms with E-state index in [1.165, 1.54) is 48.2 Å². The van der Waals surface area contributed by atoms with Crippen LogP contribution < -0.4 is 14.9 Å². The molecule has 2 aromatic rings. The van der Waals surface area contributed by atoms with Gasteiger partial charge in [-0.3, -0.25) is 29.6 Å². The molecule has 1 aliphatic rings. The van der Waals surface area contributed by atoms with Crippen molar-refractivity contribution in [2.45, 2.75) is 13.8 Å². The lowest BCUT2D eigenvalue weighted by molar-refractivity contribution is -0.132. The van der Waals surface area contributed by atoms with E-state index in [2.05, 4.69) is 5.43 Å². The molecule has 0 saturated carbocycles. The molecule has 3 rings (SSSR count). The van der Waals surface area contributed by atoms with Crippen LogP contribution in [0.5, 0.6) is 11.5 Å². The van der Waals surface area contributed by atoms with E-state index < -0.39 is 23.8 Å². The molecule has 2 amide bonds. The predicted molar refractivity (Wildman–Crippen MR) is 101 cm³/mol. The lowest BCUT2D eigenvalue weighted by Crippen LogP contribution is -2.66. The van der Waals surface area contributed by atoms with Crippen LogP contribution >= 0.6 is 0 Å². The molecule has 0 atom stereocenters. The van der Waals surface area contributed by atoms with E-state index in [0.29, 0.717) is 13.1 Å². The summed E-state index contributed by atoms with van der Waals surface area (Å²) in [5, 5.41) is 2.66. The van der Waals surface area contributed by atoms with Crippen LogP contribution in [0.2, 0.25) is 0 Å². The summed E-state index contributed by atoms with van der Waals surface area (Å²) >= 11 is 0. The SMILES string of the molecule is CC(=O)Oc1ccccc1C(=O)NN1CCN1C(=O)c1ccccc1OC(C)=O. The second-order valence-corrected chi connectivity index (χ2v) is 6.17. The molecular formula is C20H19N3O6. The van der Waals surface area contributed by atoms with E-state index in [1.54, 1.807) is 24.3 Å². The Kier molecular flexibility index (Phi) is 5.89. The maximum Gasteiger partial charge on any atom is 0.308 e. The smallest absolute Gasteiger partial charge is 0.308 e. The molecule has 0 radical (unpaired) electrons. The van der Waals surface area contributed by atoms with Gasteiger partial charge in [0, 0.05) is 13.8 Å². The van der Waals surface area contributed by atoms with Crippen molar-refractivity contribution in [1.29, 1.82) is 0 Å². The molecule has 9 nitrogen and oxygen atoms in total. The van der Waals surface area contributed by atoms with Crippen molar-refractivity contribution >= 4 is 23.8 Å². The number of benzene rings is 2. The van der Waals surface area contributed by atoms with Gasteiger partial charge >= 0.3 is 11.9 Å². The fourth-order valence-corrected chi connectivity index (χ4v) is 2.73. The zero-order valence-electron chi connectivity index (χ0n) is 15.9. The van der Waals surface area contributed by atoms with E-state index in [1.807, 2.05) is 0 Å². The summed E-state index contributed by atoms with van der Waals surface area (Å²) in [4.78, 5) is 48.0. The molecule has 0 aliphatic carbocycles. The molecular weight excluding hydrogens is 378 g/mol. The van der Waals surface area contributed by atoms with Crippen LogP contribution in [0.15, 0.2) is 48.5 Å². The van der Waals surface area contributed by atoms with E-state index in [4.69, 9.17) is 9.47 Å².